The first kappa shape index (κ1) is 23.6. The average molecular weight is 465 g/mol. The molecule has 0 saturated carbocycles. The zero-order chi connectivity index (χ0) is 23.9. The van der Waals surface area contributed by atoms with Gasteiger partial charge in [0.05, 0.1) is 13.2 Å². The summed E-state index contributed by atoms with van der Waals surface area (Å²) < 4.78 is 38.3. The third kappa shape index (κ3) is 6.27. The maximum absolute atomic E-state index is 13.4. The van der Waals surface area contributed by atoms with Crippen molar-refractivity contribution in [2.45, 2.75) is 38.4 Å². The number of benzene rings is 3. The van der Waals surface area contributed by atoms with Crippen LogP contribution < -0.4 is 5.32 Å². The number of ether oxygens (including phenoxy) is 2. The van der Waals surface area contributed by atoms with Crippen LogP contribution in [0.25, 0.3) is 0 Å². The van der Waals surface area contributed by atoms with Gasteiger partial charge in [0.2, 0.25) is 6.29 Å². The number of carbonyl (C=O) groups excluding carboxylic acids is 1. The van der Waals surface area contributed by atoms with Crippen molar-refractivity contribution in [3.8, 4) is 0 Å². The fraction of sp³-hybridized carbons (Fsp3) is 0.222. The third-order valence-corrected chi connectivity index (χ3v) is 5.59. The molecule has 1 amide bonds. The van der Waals surface area contributed by atoms with E-state index >= 15 is 0 Å². The van der Waals surface area contributed by atoms with Crippen LogP contribution in [-0.4, -0.2) is 17.3 Å². The van der Waals surface area contributed by atoms with Crippen LogP contribution in [0.2, 0.25) is 0 Å². The minimum absolute atomic E-state index is 0.0343. The van der Waals surface area contributed by atoms with Gasteiger partial charge >= 0.3 is 0 Å². The first-order valence-corrected chi connectivity index (χ1v) is 11.0. The van der Waals surface area contributed by atoms with E-state index in [2.05, 4.69) is 5.32 Å². The smallest absolute Gasteiger partial charge is 0.286 e. The second kappa shape index (κ2) is 11.0. The number of hydrogen-bond donors (Lipinski definition) is 2. The molecule has 176 valence electrons. The van der Waals surface area contributed by atoms with Crippen LogP contribution in [0.3, 0.4) is 0 Å². The monoisotopic (exact) mass is 465 g/mol. The molecular formula is C27H25F2NO4. The molecule has 4 rings (SSSR count). The molecule has 0 fully saturated rings. The number of carbonyl (C=O) groups is 1. The van der Waals surface area contributed by atoms with Crippen molar-refractivity contribution in [1.82, 2.24) is 5.32 Å². The van der Waals surface area contributed by atoms with Gasteiger partial charge in [-0.15, -0.1) is 0 Å². The molecule has 1 aliphatic rings. The van der Waals surface area contributed by atoms with Gasteiger partial charge in [-0.25, -0.2) is 8.78 Å². The Labute approximate surface area is 196 Å². The maximum Gasteiger partial charge on any atom is 0.286 e. The number of aliphatic hydroxyl groups excluding tert-OH is 1. The van der Waals surface area contributed by atoms with E-state index in [1.807, 2.05) is 24.3 Å². The van der Waals surface area contributed by atoms with Gasteiger partial charge in [-0.1, -0.05) is 48.5 Å². The molecule has 3 aromatic rings. The minimum atomic E-state index is -0.691. The number of amides is 1. The average Bonchev–Trinajstić information content (AvgIpc) is 2.87. The highest BCUT2D eigenvalue weighted by Crippen LogP contribution is 2.32. The number of allylic oxidation sites excluding steroid dienone is 1. The van der Waals surface area contributed by atoms with Gasteiger partial charge in [-0.2, -0.15) is 0 Å². The number of aliphatic hydroxyl groups is 1. The van der Waals surface area contributed by atoms with Crippen molar-refractivity contribution in [2.75, 3.05) is 0 Å². The standard InChI is InChI=1S/C27H25F2NO4/c28-23-9-5-18(6-10-23)15-30-27(32)25-13-22(21-7-11-24(29)12-8-21)14-26(34-25)33-17-20-3-1-19(16-31)2-4-20/h1-13,22,26,31H,14-17H2,(H,30,32)/t22-,26+/m0/s1. The Kier molecular flexibility index (Phi) is 7.67. The van der Waals surface area contributed by atoms with E-state index in [9.17, 15) is 18.7 Å². The molecule has 0 radical (unpaired) electrons. The van der Waals surface area contributed by atoms with Crippen LogP contribution in [0.4, 0.5) is 8.78 Å². The van der Waals surface area contributed by atoms with Crippen LogP contribution in [0, 0.1) is 11.6 Å². The molecule has 0 bridgehead atoms. The van der Waals surface area contributed by atoms with Crippen molar-refractivity contribution in [1.29, 1.82) is 0 Å². The van der Waals surface area contributed by atoms with E-state index < -0.39 is 12.2 Å². The SMILES string of the molecule is O=C(NCc1ccc(F)cc1)C1=C[C@H](c2ccc(F)cc2)C[C@H](OCc2ccc(CO)cc2)O1. The second-order valence-electron chi connectivity index (χ2n) is 8.07. The first-order chi connectivity index (χ1) is 16.5. The van der Waals surface area contributed by atoms with E-state index in [-0.39, 0.29) is 43.1 Å². The van der Waals surface area contributed by atoms with Crippen molar-refractivity contribution >= 4 is 5.91 Å². The van der Waals surface area contributed by atoms with Crippen molar-refractivity contribution in [3.05, 3.63) is 119 Å². The van der Waals surface area contributed by atoms with Crippen molar-refractivity contribution in [2.24, 2.45) is 0 Å². The van der Waals surface area contributed by atoms with Gasteiger partial charge in [0.25, 0.3) is 5.91 Å². The normalized spacial score (nSPS) is 17.6. The lowest BCUT2D eigenvalue weighted by molar-refractivity contribution is -0.150. The zero-order valence-corrected chi connectivity index (χ0v) is 18.4. The summed E-state index contributed by atoms with van der Waals surface area (Å²) in [4.78, 5) is 12.8. The van der Waals surface area contributed by atoms with E-state index in [0.717, 1.165) is 22.3 Å². The van der Waals surface area contributed by atoms with Gasteiger partial charge < -0.3 is 19.9 Å². The van der Waals surface area contributed by atoms with Gasteiger partial charge in [-0.05, 0) is 52.6 Å². The maximum atomic E-state index is 13.4. The summed E-state index contributed by atoms with van der Waals surface area (Å²) in [5.74, 6) is -1.19. The van der Waals surface area contributed by atoms with Crippen LogP contribution in [-0.2, 0) is 34.0 Å². The summed E-state index contributed by atoms with van der Waals surface area (Å²) in [7, 11) is 0. The third-order valence-electron chi connectivity index (χ3n) is 5.59. The molecular weight excluding hydrogens is 440 g/mol. The molecule has 1 heterocycles. The van der Waals surface area contributed by atoms with Gasteiger partial charge in [0.15, 0.2) is 5.76 Å². The van der Waals surface area contributed by atoms with Crippen LogP contribution in [0.5, 0.6) is 0 Å². The lowest BCUT2D eigenvalue weighted by atomic mass is 9.93. The predicted molar refractivity (Wildman–Crippen MR) is 122 cm³/mol. The van der Waals surface area contributed by atoms with E-state index in [4.69, 9.17) is 9.47 Å². The summed E-state index contributed by atoms with van der Waals surface area (Å²) in [5.41, 5.74) is 3.29. The van der Waals surface area contributed by atoms with E-state index in [1.54, 1.807) is 30.3 Å². The minimum Gasteiger partial charge on any atom is -0.459 e. The number of nitrogens with one attached hydrogen (secondary N) is 1. The summed E-state index contributed by atoms with van der Waals surface area (Å²) >= 11 is 0. The first-order valence-electron chi connectivity index (χ1n) is 11.0. The Balaban J connectivity index is 1.46. The molecule has 0 spiro atoms. The Hall–Kier alpha value is -3.55. The number of halogens is 2. The quantitative estimate of drug-likeness (QED) is 0.506. The number of rotatable bonds is 8. The Morgan fingerprint density at radius 2 is 1.50 bits per heavy atom. The highest BCUT2D eigenvalue weighted by molar-refractivity contribution is 5.91. The van der Waals surface area contributed by atoms with Gasteiger partial charge in [0.1, 0.15) is 11.6 Å². The summed E-state index contributed by atoms with van der Waals surface area (Å²) in [6.45, 7) is 0.439. The molecule has 1 aliphatic heterocycles. The molecule has 0 unspecified atom stereocenters. The molecule has 5 nitrogen and oxygen atoms in total. The van der Waals surface area contributed by atoms with Gasteiger partial charge in [-0.3, -0.25) is 4.79 Å². The molecule has 3 aromatic carbocycles. The summed E-state index contributed by atoms with van der Waals surface area (Å²) in [5, 5.41) is 12.0. The van der Waals surface area contributed by atoms with E-state index in [0.29, 0.717) is 6.42 Å². The zero-order valence-electron chi connectivity index (χ0n) is 18.4. The molecule has 0 saturated heterocycles. The van der Waals surface area contributed by atoms with Crippen LogP contribution >= 0.6 is 0 Å². The van der Waals surface area contributed by atoms with Crippen LogP contribution in [0.1, 0.15) is 34.6 Å². The fourth-order valence-corrected chi connectivity index (χ4v) is 3.66. The molecule has 7 heteroatoms. The second-order valence-corrected chi connectivity index (χ2v) is 8.07. The summed E-state index contributed by atoms with van der Waals surface area (Å²) in [6.07, 6.45) is 1.47. The fourth-order valence-electron chi connectivity index (χ4n) is 3.66. The summed E-state index contributed by atoms with van der Waals surface area (Å²) in [6, 6.07) is 19.3. The number of hydrogen-bond acceptors (Lipinski definition) is 4. The lowest BCUT2D eigenvalue weighted by Gasteiger charge is -2.29. The molecule has 0 aromatic heterocycles. The van der Waals surface area contributed by atoms with Crippen LogP contribution in [0.15, 0.2) is 84.6 Å². The molecule has 0 aliphatic carbocycles. The largest absolute Gasteiger partial charge is 0.459 e. The highest BCUT2D eigenvalue weighted by Gasteiger charge is 2.29. The van der Waals surface area contributed by atoms with E-state index in [1.165, 1.54) is 24.3 Å². The highest BCUT2D eigenvalue weighted by atomic mass is 19.1. The lowest BCUT2D eigenvalue weighted by Crippen LogP contribution is -2.32. The van der Waals surface area contributed by atoms with Crippen molar-refractivity contribution in [3.63, 3.8) is 0 Å². The Morgan fingerprint density at radius 1 is 0.912 bits per heavy atom. The Bertz CT molecular complexity index is 1130. The molecule has 2 atom stereocenters. The Morgan fingerprint density at radius 3 is 2.15 bits per heavy atom. The van der Waals surface area contributed by atoms with Crippen molar-refractivity contribution < 1.29 is 28.2 Å². The molecule has 2 N–H and O–H groups in total. The molecule has 34 heavy (non-hydrogen) atoms. The topological polar surface area (TPSA) is 67.8 Å². The van der Waals surface area contributed by atoms with Gasteiger partial charge in [0, 0.05) is 18.9 Å². The predicted octanol–water partition coefficient (Wildman–Crippen LogP) is 4.70.